The van der Waals surface area contributed by atoms with Gasteiger partial charge in [0.25, 0.3) is 0 Å². The van der Waals surface area contributed by atoms with Crippen LogP contribution in [0.3, 0.4) is 0 Å². The molecule has 0 radical (unpaired) electrons. The van der Waals surface area contributed by atoms with Crippen LogP contribution in [0.25, 0.3) is 0 Å². The molecule has 0 rings (SSSR count). The predicted molar refractivity (Wildman–Crippen MR) is 52.5 cm³/mol. The zero-order chi connectivity index (χ0) is 11.7. The van der Waals surface area contributed by atoms with Crippen LogP contribution in [-0.4, -0.2) is 38.7 Å². The standard InChI is InChI=1S/C9H12N2O4/c1-4-10-6-11-7(9(13)15-3)5-8(12)14-2/h5H,4H2,1-3H3/b7-5-. The highest BCUT2D eigenvalue weighted by atomic mass is 16.5. The van der Waals surface area contributed by atoms with Crippen molar-refractivity contribution in [3.8, 4) is 0 Å². The molecule has 0 heterocycles. The SMILES string of the molecule is CCN=C=N/C(=C\C(=O)OC)C(=O)OC. The van der Waals surface area contributed by atoms with E-state index in [9.17, 15) is 9.59 Å². The summed E-state index contributed by atoms with van der Waals surface area (Å²) in [6, 6.07) is 2.25. The Hall–Kier alpha value is -1.94. The van der Waals surface area contributed by atoms with Gasteiger partial charge in [-0.25, -0.2) is 14.6 Å². The van der Waals surface area contributed by atoms with E-state index in [2.05, 4.69) is 25.5 Å². The number of hydrogen-bond donors (Lipinski definition) is 0. The molecule has 0 aliphatic carbocycles. The molecular weight excluding hydrogens is 200 g/mol. The Kier molecular flexibility index (Phi) is 6.50. The van der Waals surface area contributed by atoms with Crippen molar-refractivity contribution in [2.45, 2.75) is 6.92 Å². The number of carbonyl (C=O) groups is 2. The van der Waals surface area contributed by atoms with Gasteiger partial charge in [-0.3, -0.25) is 0 Å². The first-order valence-electron chi connectivity index (χ1n) is 4.15. The number of nitrogens with zero attached hydrogens (tertiary/aromatic N) is 2. The van der Waals surface area contributed by atoms with Crippen molar-refractivity contribution in [3.05, 3.63) is 11.8 Å². The maximum Gasteiger partial charge on any atom is 0.357 e. The first-order chi connectivity index (χ1) is 7.15. The molecule has 0 fully saturated rings. The third-order valence-electron chi connectivity index (χ3n) is 1.25. The van der Waals surface area contributed by atoms with Gasteiger partial charge in [-0.15, -0.1) is 0 Å². The Morgan fingerprint density at radius 1 is 1.33 bits per heavy atom. The average molecular weight is 212 g/mol. The summed E-state index contributed by atoms with van der Waals surface area (Å²) in [5, 5.41) is 0. The van der Waals surface area contributed by atoms with E-state index in [-0.39, 0.29) is 5.70 Å². The van der Waals surface area contributed by atoms with E-state index in [4.69, 9.17) is 0 Å². The summed E-state index contributed by atoms with van der Waals surface area (Å²) in [6.45, 7) is 2.26. The summed E-state index contributed by atoms with van der Waals surface area (Å²) in [5.41, 5.74) is -0.207. The third kappa shape index (κ3) is 5.38. The first kappa shape index (κ1) is 13.1. The summed E-state index contributed by atoms with van der Waals surface area (Å²) in [5.74, 6) is -1.45. The molecule has 0 bridgehead atoms. The van der Waals surface area contributed by atoms with Gasteiger partial charge < -0.3 is 9.47 Å². The van der Waals surface area contributed by atoms with Crippen molar-refractivity contribution in [1.29, 1.82) is 0 Å². The Bertz CT molecular complexity index is 327. The highest BCUT2D eigenvalue weighted by molar-refractivity contribution is 5.96. The second kappa shape index (κ2) is 7.46. The molecule has 6 nitrogen and oxygen atoms in total. The zero-order valence-corrected chi connectivity index (χ0v) is 8.81. The van der Waals surface area contributed by atoms with Gasteiger partial charge in [0.05, 0.1) is 26.3 Å². The summed E-state index contributed by atoms with van der Waals surface area (Å²) in [7, 11) is 2.37. The lowest BCUT2D eigenvalue weighted by Crippen LogP contribution is -2.06. The lowest BCUT2D eigenvalue weighted by atomic mass is 10.4. The molecule has 0 saturated heterocycles. The number of ether oxygens (including phenoxy) is 2. The van der Waals surface area contributed by atoms with E-state index in [0.717, 1.165) is 6.08 Å². The minimum atomic E-state index is -0.751. The predicted octanol–water partition coefficient (Wildman–Crippen LogP) is 0.410. The van der Waals surface area contributed by atoms with E-state index in [1.807, 2.05) is 0 Å². The van der Waals surface area contributed by atoms with Crippen LogP contribution < -0.4 is 0 Å². The largest absolute Gasteiger partial charge is 0.466 e. The van der Waals surface area contributed by atoms with Gasteiger partial charge in [-0.2, -0.15) is 4.99 Å². The van der Waals surface area contributed by atoms with Crippen molar-refractivity contribution >= 4 is 17.9 Å². The fourth-order valence-electron chi connectivity index (χ4n) is 0.572. The maximum absolute atomic E-state index is 11.1. The van der Waals surface area contributed by atoms with Crippen LogP contribution in [0.15, 0.2) is 21.8 Å². The van der Waals surface area contributed by atoms with Crippen molar-refractivity contribution in [2.24, 2.45) is 9.98 Å². The maximum atomic E-state index is 11.1. The first-order valence-corrected chi connectivity index (χ1v) is 4.15. The number of carbonyl (C=O) groups excluding carboxylic acids is 2. The number of esters is 2. The Morgan fingerprint density at radius 3 is 2.47 bits per heavy atom. The zero-order valence-electron chi connectivity index (χ0n) is 8.81. The number of rotatable bonds is 4. The van der Waals surface area contributed by atoms with Gasteiger partial charge >= 0.3 is 11.9 Å². The number of aliphatic imine (C=N–C) groups is 2. The van der Waals surface area contributed by atoms with Gasteiger partial charge in [-0.05, 0) is 6.92 Å². The quantitative estimate of drug-likeness (QED) is 0.384. The summed E-state index contributed by atoms with van der Waals surface area (Å²) >= 11 is 0. The van der Waals surface area contributed by atoms with Gasteiger partial charge in [-0.1, -0.05) is 0 Å². The monoisotopic (exact) mass is 212 g/mol. The van der Waals surface area contributed by atoms with Crippen molar-refractivity contribution in [1.82, 2.24) is 0 Å². The fourth-order valence-corrected chi connectivity index (χ4v) is 0.572. The van der Waals surface area contributed by atoms with Gasteiger partial charge in [0.15, 0.2) is 5.70 Å². The second-order valence-corrected chi connectivity index (χ2v) is 2.23. The normalized spacial score (nSPS) is 9.93. The fraction of sp³-hybridized carbons (Fsp3) is 0.444. The van der Waals surface area contributed by atoms with Gasteiger partial charge in [0.1, 0.15) is 0 Å². The lowest BCUT2D eigenvalue weighted by Gasteiger charge is -1.96. The van der Waals surface area contributed by atoms with E-state index in [0.29, 0.717) is 6.54 Å². The van der Waals surface area contributed by atoms with Gasteiger partial charge in [0, 0.05) is 6.54 Å². The third-order valence-corrected chi connectivity index (χ3v) is 1.25. The molecule has 0 N–H and O–H groups in total. The van der Waals surface area contributed by atoms with E-state index in [1.54, 1.807) is 6.92 Å². The van der Waals surface area contributed by atoms with Crippen molar-refractivity contribution in [2.75, 3.05) is 20.8 Å². The van der Waals surface area contributed by atoms with Crippen LogP contribution in [0.5, 0.6) is 0 Å². The highest BCUT2D eigenvalue weighted by Crippen LogP contribution is 1.99. The molecule has 0 aromatic carbocycles. The molecule has 82 valence electrons. The van der Waals surface area contributed by atoms with Crippen LogP contribution in [0.2, 0.25) is 0 Å². The Labute approximate surface area is 87.3 Å². The van der Waals surface area contributed by atoms with Crippen LogP contribution in [0, 0.1) is 0 Å². The minimum Gasteiger partial charge on any atom is -0.466 e. The molecule has 6 heteroatoms. The van der Waals surface area contributed by atoms with Crippen LogP contribution in [-0.2, 0) is 19.1 Å². The molecule has 0 aromatic rings. The molecular formula is C9H12N2O4. The van der Waals surface area contributed by atoms with Crippen molar-refractivity contribution < 1.29 is 19.1 Å². The average Bonchev–Trinajstić information content (AvgIpc) is 2.26. The van der Waals surface area contributed by atoms with Crippen molar-refractivity contribution in [3.63, 3.8) is 0 Å². The summed E-state index contributed by atoms with van der Waals surface area (Å²) in [6.07, 6.45) is 0.907. The van der Waals surface area contributed by atoms with Crippen LogP contribution >= 0.6 is 0 Å². The van der Waals surface area contributed by atoms with Crippen LogP contribution in [0.4, 0.5) is 0 Å². The topological polar surface area (TPSA) is 77.3 Å². The molecule has 0 aliphatic rings. The Morgan fingerprint density at radius 2 is 2.00 bits per heavy atom. The molecule has 0 unspecified atom stereocenters. The van der Waals surface area contributed by atoms with E-state index < -0.39 is 11.9 Å². The van der Waals surface area contributed by atoms with Gasteiger partial charge in [0.2, 0.25) is 0 Å². The lowest BCUT2D eigenvalue weighted by molar-refractivity contribution is -0.138. The smallest absolute Gasteiger partial charge is 0.357 e. The molecule has 15 heavy (non-hydrogen) atoms. The number of methoxy groups -OCH3 is 2. The molecule has 0 spiro atoms. The summed E-state index contributed by atoms with van der Waals surface area (Å²) < 4.78 is 8.74. The number of hydrogen-bond acceptors (Lipinski definition) is 6. The highest BCUT2D eigenvalue weighted by Gasteiger charge is 2.10. The minimum absolute atomic E-state index is 0.207. The van der Waals surface area contributed by atoms with E-state index in [1.165, 1.54) is 14.2 Å². The second-order valence-electron chi connectivity index (χ2n) is 2.23. The van der Waals surface area contributed by atoms with E-state index >= 15 is 0 Å². The molecule has 0 aliphatic heterocycles. The van der Waals surface area contributed by atoms with Crippen LogP contribution in [0.1, 0.15) is 6.92 Å². The summed E-state index contributed by atoms with van der Waals surface area (Å²) in [4.78, 5) is 29.1. The molecule has 0 aromatic heterocycles. The Balaban J connectivity index is 4.89. The molecule has 0 saturated carbocycles. The molecule has 0 atom stereocenters. The molecule has 0 amide bonds.